The van der Waals surface area contributed by atoms with Gasteiger partial charge in [0, 0.05) is 6.04 Å². The largest absolute Gasteiger partial charge is 0.324 e. The SMILES string of the molecule is [CH2]CC(N)c1ccc2ccc3cccc4ccc1c2c34. The van der Waals surface area contributed by atoms with Gasteiger partial charge in [-0.3, -0.25) is 0 Å². The van der Waals surface area contributed by atoms with Gasteiger partial charge in [-0.05, 0) is 44.3 Å². The van der Waals surface area contributed by atoms with Gasteiger partial charge in [0.15, 0.2) is 0 Å². The molecule has 0 aliphatic heterocycles. The molecule has 0 aliphatic carbocycles. The van der Waals surface area contributed by atoms with E-state index in [4.69, 9.17) is 5.73 Å². The van der Waals surface area contributed by atoms with Gasteiger partial charge in [-0.25, -0.2) is 0 Å². The van der Waals surface area contributed by atoms with Crippen LogP contribution in [-0.4, -0.2) is 0 Å². The van der Waals surface area contributed by atoms with Gasteiger partial charge in [0.2, 0.25) is 0 Å². The van der Waals surface area contributed by atoms with Gasteiger partial charge < -0.3 is 5.73 Å². The molecule has 4 aromatic rings. The molecule has 1 nitrogen and oxygen atoms in total. The highest BCUT2D eigenvalue weighted by molar-refractivity contribution is 6.23. The van der Waals surface area contributed by atoms with E-state index in [2.05, 4.69) is 61.5 Å². The molecule has 0 saturated carbocycles. The molecule has 1 radical (unpaired) electrons. The Hall–Kier alpha value is -2.12. The van der Waals surface area contributed by atoms with Crippen LogP contribution in [0, 0.1) is 6.92 Å². The van der Waals surface area contributed by atoms with Crippen molar-refractivity contribution in [3.8, 4) is 0 Å². The molecular formula is C19H16N. The van der Waals surface area contributed by atoms with Crippen molar-refractivity contribution in [2.24, 2.45) is 5.73 Å². The van der Waals surface area contributed by atoms with E-state index in [1.807, 2.05) is 0 Å². The number of hydrogen-bond acceptors (Lipinski definition) is 1. The van der Waals surface area contributed by atoms with Crippen LogP contribution in [0.2, 0.25) is 0 Å². The molecule has 1 unspecified atom stereocenters. The number of nitrogens with two attached hydrogens (primary N) is 1. The summed E-state index contributed by atoms with van der Waals surface area (Å²) in [4.78, 5) is 0. The van der Waals surface area contributed by atoms with Gasteiger partial charge in [0.25, 0.3) is 0 Å². The molecule has 0 amide bonds. The molecule has 0 fully saturated rings. The lowest BCUT2D eigenvalue weighted by Gasteiger charge is -2.16. The van der Waals surface area contributed by atoms with Crippen LogP contribution in [0.4, 0.5) is 0 Å². The lowest BCUT2D eigenvalue weighted by molar-refractivity contribution is 0.745. The van der Waals surface area contributed by atoms with Crippen molar-refractivity contribution in [2.75, 3.05) is 0 Å². The number of benzene rings is 4. The Morgan fingerprint density at radius 2 is 1.40 bits per heavy atom. The normalized spacial score (nSPS) is 13.5. The first-order chi connectivity index (χ1) is 9.79. The third-order valence-electron chi connectivity index (χ3n) is 4.27. The Bertz CT molecular complexity index is 892. The van der Waals surface area contributed by atoms with Crippen LogP contribution in [-0.2, 0) is 0 Å². The van der Waals surface area contributed by atoms with E-state index in [1.165, 1.54) is 37.9 Å². The predicted molar refractivity (Wildman–Crippen MR) is 87.0 cm³/mol. The standard InChI is InChI=1S/C19H16N/c1-2-17(20)15-10-8-14-7-6-12-4-3-5-13-9-11-16(15)19(14)18(12)13/h3-11,17H,1-2,20H2. The molecule has 4 aromatic carbocycles. The summed E-state index contributed by atoms with van der Waals surface area (Å²) in [6.07, 6.45) is 0.712. The molecule has 0 aromatic heterocycles. The van der Waals surface area contributed by atoms with E-state index >= 15 is 0 Å². The van der Waals surface area contributed by atoms with Gasteiger partial charge >= 0.3 is 0 Å². The average molecular weight is 258 g/mol. The van der Waals surface area contributed by atoms with E-state index in [-0.39, 0.29) is 6.04 Å². The van der Waals surface area contributed by atoms with Crippen LogP contribution in [0.5, 0.6) is 0 Å². The first-order valence-corrected chi connectivity index (χ1v) is 7.01. The second-order valence-electron chi connectivity index (χ2n) is 5.41. The highest BCUT2D eigenvalue weighted by Gasteiger charge is 2.13. The maximum absolute atomic E-state index is 6.23. The van der Waals surface area contributed by atoms with Gasteiger partial charge in [0.05, 0.1) is 0 Å². The van der Waals surface area contributed by atoms with E-state index in [9.17, 15) is 0 Å². The average Bonchev–Trinajstić information content (AvgIpc) is 2.51. The highest BCUT2D eigenvalue weighted by Crippen LogP contribution is 2.37. The summed E-state index contributed by atoms with van der Waals surface area (Å²) in [5.74, 6) is 0. The molecule has 20 heavy (non-hydrogen) atoms. The third-order valence-corrected chi connectivity index (χ3v) is 4.27. The topological polar surface area (TPSA) is 26.0 Å². The zero-order valence-electron chi connectivity index (χ0n) is 11.3. The lowest BCUT2D eigenvalue weighted by atomic mass is 9.89. The summed E-state index contributed by atoms with van der Waals surface area (Å²) in [7, 11) is 0. The van der Waals surface area contributed by atoms with Crippen molar-refractivity contribution in [3.63, 3.8) is 0 Å². The summed E-state index contributed by atoms with van der Waals surface area (Å²) < 4.78 is 0. The van der Waals surface area contributed by atoms with Crippen molar-refractivity contribution in [1.29, 1.82) is 0 Å². The summed E-state index contributed by atoms with van der Waals surface area (Å²) in [6.45, 7) is 3.95. The van der Waals surface area contributed by atoms with Crippen LogP contribution >= 0.6 is 0 Å². The van der Waals surface area contributed by atoms with Crippen LogP contribution in [0.15, 0.2) is 54.6 Å². The monoisotopic (exact) mass is 258 g/mol. The predicted octanol–water partition coefficient (Wildman–Crippen LogP) is 4.81. The number of rotatable bonds is 2. The molecule has 2 N–H and O–H groups in total. The molecule has 1 atom stereocenters. The minimum absolute atomic E-state index is 0.000400. The quantitative estimate of drug-likeness (QED) is 0.513. The van der Waals surface area contributed by atoms with Gasteiger partial charge in [-0.1, -0.05) is 61.5 Å². The zero-order chi connectivity index (χ0) is 13.7. The summed E-state index contributed by atoms with van der Waals surface area (Å²) in [5, 5.41) is 7.82. The summed E-state index contributed by atoms with van der Waals surface area (Å²) in [6, 6.07) is 19.6. The Balaban J connectivity index is 2.26. The minimum atomic E-state index is -0.000400. The van der Waals surface area contributed by atoms with Crippen LogP contribution < -0.4 is 5.73 Å². The van der Waals surface area contributed by atoms with Crippen molar-refractivity contribution in [2.45, 2.75) is 12.5 Å². The molecule has 97 valence electrons. The van der Waals surface area contributed by atoms with Crippen molar-refractivity contribution in [1.82, 2.24) is 0 Å². The maximum atomic E-state index is 6.23. The van der Waals surface area contributed by atoms with Gasteiger partial charge in [0.1, 0.15) is 0 Å². The molecule has 0 spiro atoms. The van der Waals surface area contributed by atoms with E-state index in [0.29, 0.717) is 6.42 Å². The van der Waals surface area contributed by atoms with E-state index in [1.54, 1.807) is 0 Å². The molecule has 0 bridgehead atoms. The first-order valence-electron chi connectivity index (χ1n) is 7.01. The van der Waals surface area contributed by atoms with Gasteiger partial charge in [-0.2, -0.15) is 0 Å². The minimum Gasteiger partial charge on any atom is -0.324 e. The van der Waals surface area contributed by atoms with Crippen molar-refractivity contribution in [3.05, 3.63) is 67.1 Å². The summed E-state index contributed by atoms with van der Waals surface area (Å²) >= 11 is 0. The fraction of sp³-hybridized carbons (Fsp3) is 0.105. The second kappa shape index (κ2) is 4.19. The second-order valence-corrected chi connectivity index (χ2v) is 5.41. The Morgan fingerprint density at radius 1 is 0.800 bits per heavy atom. The molecule has 0 aliphatic rings. The van der Waals surface area contributed by atoms with Crippen LogP contribution in [0.25, 0.3) is 32.3 Å². The molecule has 0 saturated heterocycles. The third kappa shape index (κ3) is 1.47. The van der Waals surface area contributed by atoms with E-state index in [0.717, 1.165) is 0 Å². The zero-order valence-corrected chi connectivity index (χ0v) is 11.3. The first kappa shape index (κ1) is 11.7. The van der Waals surface area contributed by atoms with E-state index < -0.39 is 0 Å². The molecule has 1 heteroatoms. The fourth-order valence-electron chi connectivity index (χ4n) is 3.24. The van der Waals surface area contributed by atoms with Crippen LogP contribution in [0.3, 0.4) is 0 Å². The fourth-order valence-corrected chi connectivity index (χ4v) is 3.24. The Morgan fingerprint density at radius 3 is 2.10 bits per heavy atom. The molecular weight excluding hydrogens is 242 g/mol. The Kier molecular flexibility index (Phi) is 2.45. The molecule has 4 rings (SSSR count). The highest BCUT2D eigenvalue weighted by atomic mass is 14.6. The lowest BCUT2D eigenvalue weighted by Crippen LogP contribution is -2.09. The van der Waals surface area contributed by atoms with Crippen molar-refractivity contribution < 1.29 is 0 Å². The number of hydrogen-bond donors (Lipinski definition) is 1. The maximum Gasteiger partial charge on any atom is 0.0301 e. The van der Waals surface area contributed by atoms with Crippen LogP contribution in [0.1, 0.15) is 18.0 Å². The smallest absolute Gasteiger partial charge is 0.0301 e. The van der Waals surface area contributed by atoms with Gasteiger partial charge in [-0.15, -0.1) is 0 Å². The molecule has 0 heterocycles. The Labute approximate surface area is 118 Å². The summed E-state index contributed by atoms with van der Waals surface area (Å²) in [5.41, 5.74) is 7.43. The van der Waals surface area contributed by atoms with Crippen molar-refractivity contribution >= 4 is 32.3 Å².